The third-order valence-corrected chi connectivity index (χ3v) is 3.38. The van der Waals surface area contributed by atoms with Gasteiger partial charge in [0.1, 0.15) is 5.60 Å². The van der Waals surface area contributed by atoms with Gasteiger partial charge in [-0.25, -0.2) is 0 Å². The Morgan fingerprint density at radius 3 is 2.30 bits per heavy atom. The van der Waals surface area contributed by atoms with Crippen molar-refractivity contribution in [3.05, 3.63) is 35.9 Å². The summed E-state index contributed by atoms with van der Waals surface area (Å²) in [7, 11) is 0. The van der Waals surface area contributed by atoms with Crippen molar-refractivity contribution in [2.24, 2.45) is 11.8 Å². The van der Waals surface area contributed by atoms with Crippen LogP contribution in [0.25, 0.3) is 0 Å². The van der Waals surface area contributed by atoms with E-state index in [-0.39, 0.29) is 13.0 Å². The Kier molecular flexibility index (Phi) is 7.23. The van der Waals surface area contributed by atoms with Gasteiger partial charge >= 0.3 is 11.9 Å². The summed E-state index contributed by atoms with van der Waals surface area (Å²) in [4.78, 5) is 23.4. The van der Waals surface area contributed by atoms with Crippen LogP contribution in [0.2, 0.25) is 0 Å². The van der Waals surface area contributed by atoms with Crippen molar-refractivity contribution < 1.29 is 24.2 Å². The predicted octanol–water partition coefficient (Wildman–Crippen LogP) is 3.27. The number of carbonyl (C=O) groups excluding carboxylic acids is 1. The molecule has 1 unspecified atom stereocenters. The molecule has 0 aliphatic rings. The van der Waals surface area contributed by atoms with Gasteiger partial charge in [0, 0.05) is 6.61 Å². The van der Waals surface area contributed by atoms with E-state index in [1.165, 1.54) is 0 Å². The van der Waals surface area contributed by atoms with Crippen molar-refractivity contribution in [3.8, 4) is 0 Å². The van der Waals surface area contributed by atoms with Gasteiger partial charge in [-0.2, -0.15) is 0 Å². The molecule has 1 N–H and O–H groups in total. The Morgan fingerprint density at radius 2 is 1.78 bits per heavy atom. The maximum absolute atomic E-state index is 12.0. The van der Waals surface area contributed by atoms with Gasteiger partial charge in [-0.15, -0.1) is 0 Å². The molecule has 2 atom stereocenters. The van der Waals surface area contributed by atoms with Gasteiger partial charge in [-0.3, -0.25) is 9.59 Å². The van der Waals surface area contributed by atoms with E-state index in [9.17, 15) is 14.7 Å². The number of esters is 1. The zero-order valence-corrected chi connectivity index (χ0v) is 14.2. The molecule has 0 aliphatic carbocycles. The van der Waals surface area contributed by atoms with E-state index in [0.29, 0.717) is 6.61 Å². The van der Waals surface area contributed by atoms with Crippen LogP contribution in [-0.2, 0) is 25.7 Å². The molecule has 0 fully saturated rings. The minimum absolute atomic E-state index is 0.266. The van der Waals surface area contributed by atoms with Gasteiger partial charge in [-0.05, 0) is 32.8 Å². The third-order valence-electron chi connectivity index (χ3n) is 3.38. The van der Waals surface area contributed by atoms with E-state index in [4.69, 9.17) is 9.47 Å². The molecule has 0 bridgehead atoms. The van der Waals surface area contributed by atoms with Gasteiger partial charge in [0.05, 0.1) is 18.4 Å². The summed E-state index contributed by atoms with van der Waals surface area (Å²) in [6, 6.07) is 9.65. The molecule has 1 aromatic rings. The lowest BCUT2D eigenvalue weighted by atomic mass is 9.91. The molecular formula is C18H26O5. The van der Waals surface area contributed by atoms with Gasteiger partial charge in [0.25, 0.3) is 0 Å². The summed E-state index contributed by atoms with van der Waals surface area (Å²) in [5.41, 5.74) is 0.401. The largest absolute Gasteiger partial charge is 0.481 e. The first-order chi connectivity index (χ1) is 10.7. The summed E-state index contributed by atoms with van der Waals surface area (Å²) in [5.74, 6) is -3.03. The van der Waals surface area contributed by atoms with Gasteiger partial charge in [0.2, 0.25) is 0 Å². The van der Waals surface area contributed by atoms with Crippen molar-refractivity contribution in [2.75, 3.05) is 6.61 Å². The fraction of sp³-hybridized carbons (Fsp3) is 0.556. The van der Waals surface area contributed by atoms with Crippen molar-refractivity contribution in [1.29, 1.82) is 0 Å². The number of hydrogen-bond acceptors (Lipinski definition) is 4. The van der Waals surface area contributed by atoms with E-state index in [1.54, 1.807) is 27.7 Å². The van der Waals surface area contributed by atoms with Crippen molar-refractivity contribution in [3.63, 3.8) is 0 Å². The smallest absolute Gasteiger partial charge is 0.310 e. The molecule has 128 valence electrons. The number of benzene rings is 1. The Morgan fingerprint density at radius 1 is 1.17 bits per heavy atom. The van der Waals surface area contributed by atoms with Crippen LogP contribution in [0.3, 0.4) is 0 Å². The standard InChI is InChI=1S/C18H26O5/c1-13(17(21)23-18(2,3)4)15(16(19)20)10-11-22-12-14-8-6-5-7-9-14/h5-9,13,15H,10-12H2,1-4H3,(H,19,20)/t13?,15-/m0/s1. The highest BCUT2D eigenvalue weighted by atomic mass is 16.6. The zero-order chi connectivity index (χ0) is 17.5. The summed E-state index contributed by atoms with van der Waals surface area (Å²) < 4.78 is 10.8. The quantitative estimate of drug-likeness (QED) is 0.587. The lowest BCUT2D eigenvalue weighted by Gasteiger charge is -2.25. The number of rotatable bonds is 8. The fourth-order valence-corrected chi connectivity index (χ4v) is 2.12. The lowest BCUT2D eigenvalue weighted by Crippen LogP contribution is -2.34. The number of carboxylic acid groups (broad SMARTS) is 1. The minimum atomic E-state index is -1.01. The van der Waals surface area contributed by atoms with E-state index in [0.717, 1.165) is 5.56 Å². The van der Waals surface area contributed by atoms with E-state index in [2.05, 4.69) is 0 Å². The Labute approximate surface area is 137 Å². The molecule has 5 heteroatoms. The summed E-state index contributed by atoms with van der Waals surface area (Å²) in [6.07, 6.45) is 0.266. The van der Waals surface area contributed by atoms with E-state index in [1.807, 2.05) is 30.3 Å². The molecule has 1 rings (SSSR count). The second-order valence-corrected chi connectivity index (χ2v) is 6.59. The molecular weight excluding hydrogens is 296 g/mol. The molecule has 1 aromatic carbocycles. The van der Waals surface area contributed by atoms with Crippen LogP contribution in [-0.4, -0.2) is 29.3 Å². The topological polar surface area (TPSA) is 72.8 Å². The van der Waals surface area contributed by atoms with Gasteiger partial charge in [0.15, 0.2) is 0 Å². The molecule has 23 heavy (non-hydrogen) atoms. The highest BCUT2D eigenvalue weighted by Crippen LogP contribution is 2.21. The number of carboxylic acids is 1. The molecule has 0 amide bonds. The molecule has 0 aromatic heterocycles. The number of ether oxygens (including phenoxy) is 2. The number of hydrogen-bond donors (Lipinski definition) is 1. The number of aliphatic carboxylic acids is 1. The van der Waals surface area contributed by atoms with Crippen LogP contribution >= 0.6 is 0 Å². The van der Waals surface area contributed by atoms with Gasteiger partial charge in [-0.1, -0.05) is 37.3 Å². The molecule has 0 saturated carbocycles. The summed E-state index contributed by atoms with van der Waals surface area (Å²) >= 11 is 0. The van der Waals surface area contributed by atoms with Crippen LogP contribution in [0.1, 0.15) is 39.7 Å². The maximum Gasteiger partial charge on any atom is 0.310 e. The van der Waals surface area contributed by atoms with Crippen LogP contribution in [0.4, 0.5) is 0 Å². The van der Waals surface area contributed by atoms with Crippen LogP contribution in [0.15, 0.2) is 30.3 Å². The van der Waals surface area contributed by atoms with E-state index >= 15 is 0 Å². The Bertz CT molecular complexity index is 504. The molecule has 0 heterocycles. The van der Waals surface area contributed by atoms with Crippen molar-refractivity contribution >= 4 is 11.9 Å². The Hall–Kier alpha value is -1.88. The van der Waals surface area contributed by atoms with Gasteiger partial charge < -0.3 is 14.6 Å². The lowest BCUT2D eigenvalue weighted by molar-refractivity contribution is -0.166. The monoisotopic (exact) mass is 322 g/mol. The first kappa shape index (κ1) is 19.2. The first-order valence-electron chi connectivity index (χ1n) is 7.78. The van der Waals surface area contributed by atoms with Crippen LogP contribution in [0, 0.1) is 11.8 Å². The zero-order valence-electron chi connectivity index (χ0n) is 14.2. The average Bonchev–Trinajstić information content (AvgIpc) is 2.45. The highest BCUT2D eigenvalue weighted by Gasteiger charge is 2.32. The van der Waals surface area contributed by atoms with Crippen molar-refractivity contribution in [2.45, 2.75) is 46.3 Å². The number of carbonyl (C=O) groups is 2. The van der Waals surface area contributed by atoms with E-state index < -0.39 is 29.4 Å². The fourth-order valence-electron chi connectivity index (χ4n) is 2.12. The SMILES string of the molecule is CC(C(=O)OC(C)(C)C)[C@H](CCOCc1ccccc1)C(=O)O. The molecule has 0 aliphatic heterocycles. The van der Waals surface area contributed by atoms with Crippen LogP contribution < -0.4 is 0 Å². The van der Waals surface area contributed by atoms with Crippen LogP contribution in [0.5, 0.6) is 0 Å². The third kappa shape index (κ3) is 7.28. The first-order valence-corrected chi connectivity index (χ1v) is 7.78. The predicted molar refractivity (Wildman–Crippen MR) is 86.8 cm³/mol. The second-order valence-electron chi connectivity index (χ2n) is 6.59. The van der Waals surface area contributed by atoms with Crippen molar-refractivity contribution in [1.82, 2.24) is 0 Å². The second kappa shape index (κ2) is 8.67. The minimum Gasteiger partial charge on any atom is -0.481 e. The molecule has 0 saturated heterocycles. The molecule has 0 spiro atoms. The highest BCUT2D eigenvalue weighted by molar-refractivity contribution is 5.81. The Balaban J connectivity index is 2.48. The normalized spacial score (nSPS) is 14.1. The average molecular weight is 322 g/mol. The maximum atomic E-state index is 12.0. The molecule has 5 nitrogen and oxygen atoms in total. The summed E-state index contributed by atoms with van der Waals surface area (Å²) in [5, 5.41) is 9.34. The summed E-state index contributed by atoms with van der Waals surface area (Å²) in [6.45, 7) is 7.57. The molecule has 0 radical (unpaired) electrons.